The molecule has 0 saturated carbocycles. The van der Waals surface area contributed by atoms with E-state index in [9.17, 15) is 9.50 Å². The summed E-state index contributed by atoms with van der Waals surface area (Å²) >= 11 is 0. The number of hydrogen-bond donors (Lipinski definition) is 1. The lowest BCUT2D eigenvalue weighted by Gasteiger charge is -2.08. The lowest BCUT2D eigenvalue weighted by Crippen LogP contribution is -2.14. The standard InChI is InChI=1S/C18H19FN2O2/c1-21(2)13-23-20-18(16-5-3-4-6-17(16)19)12-9-14-7-10-15(22)11-8-14/h3-12,22H,13H2,1-2H3/b12-9+,20-18?. The molecule has 0 unspecified atom stereocenters. The van der Waals surface area contributed by atoms with Gasteiger partial charge >= 0.3 is 0 Å². The maximum Gasteiger partial charge on any atom is 0.170 e. The van der Waals surface area contributed by atoms with Gasteiger partial charge in [-0.25, -0.2) is 4.39 Å². The third-order valence-corrected chi connectivity index (χ3v) is 2.96. The molecule has 120 valence electrons. The van der Waals surface area contributed by atoms with Gasteiger partial charge < -0.3 is 9.94 Å². The van der Waals surface area contributed by atoms with E-state index in [-0.39, 0.29) is 11.6 Å². The van der Waals surface area contributed by atoms with Crippen LogP contribution in [0.2, 0.25) is 0 Å². The van der Waals surface area contributed by atoms with Crippen LogP contribution in [0.1, 0.15) is 11.1 Å². The Morgan fingerprint density at radius 1 is 1.17 bits per heavy atom. The van der Waals surface area contributed by atoms with Crippen LogP contribution in [-0.4, -0.2) is 36.5 Å². The third kappa shape index (κ3) is 5.23. The second kappa shape index (κ2) is 8.10. The summed E-state index contributed by atoms with van der Waals surface area (Å²) in [6.45, 7) is 0.297. The maximum absolute atomic E-state index is 14.0. The predicted octanol–water partition coefficient (Wildman–Crippen LogP) is 3.48. The van der Waals surface area contributed by atoms with Crippen LogP contribution in [0.5, 0.6) is 5.75 Å². The molecule has 0 atom stereocenters. The Hall–Kier alpha value is -2.66. The van der Waals surface area contributed by atoms with Crippen LogP contribution in [0, 0.1) is 5.82 Å². The number of nitrogens with zero attached hydrogens (tertiary/aromatic N) is 2. The lowest BCUT2D eigenvalue weighted by atomic mass is 10.1. The fourth-order valence-electron chi connectivity index (χ4n) is 1.81. The molecule has 0 fully saturated rings. The molecule has 0 aliphatic rings. The first-order chi connectivity index (χ1) is 11.1. The molecule has 1 N–H and O–H groups in total. The van der Waals surface area contributed by atoms with Crippen molar-refractivity contribution in [3.05, 3.63) is 71.6 Å². The maximum atomic E-state index is 14.0. The smallest absolute Gasteiger partial charge is 0.170 e. The van der Waals surface area contributed by atoms with Gasteiger partial charge in [-0.2, -0.15) is 0 Å². The second-order valence-electron chi connectivity index (χ2n) is 5.22. The Morgan fingerprint density at radius 3 is 2.52 bits per heavy atom. The molecule has 0 aromatic heterocycles. The summed E-state index contributed by atoms with van der Waals surface area (Å²) in [5.74, 6) is -0.172. The van der Waals surface area contributed by atoms with Crippen molar-refractivity contribution in [2.24, 2.45) is 5.16 Å². The number of halogens is 1. The average Bonchev–Trinajstić information content (AvgIpc) is 2.53. The van der Waals surface area contributed by atoms with E-state index < -0.39 is 0 Å². The van der Waals surface area contributed by atoms with Crippen molar-refractivity contribution in [3.8, 4) is 5.75 Å². The summed E-state index contributed by atoms with van der Waals surface area (Å²) in [5.41, 5.74) is 1.61. The fraction of sp³-hybridized carbons (Fsp3) is 0.167. The zero-order valence-corrected chi connectivity index (χ0v) is 13.1. The van der Waals surface area contributed by atoms with Crippen LogP contribution in [-0.2, 0) is 4.84 Å². The van der Waals surface area contributed by atoms with Gasteiger partial charge in [-0.3, -0.25) is 4.90 Å². The molecule has 2 rings (SSSR count). The second-order valence-corrected chi connectivity index (χ2v) is 5.22. The third-order valence-electron chi connectivity index (χ3n) is 2.96. The van der Waals surface area contributed by atoms with Crippen LogP contribution < -0.4 is 0 Å². The van der Waals surface area contributed by atoms with Gasteiger partial charge in [-0.1, -0.05) is 35.5 Å². The molecular formula is C18H19FN2O2. The molecule has 4 nitrogen and oxygen atoms in total. The molecule has 0 radical (unpaired) electrons. The predicted molar refractivity (Wildman–Crippen MR) is 89.7 cm³/mol. The summed E-state index contributed by atoms with van der Waals surface area (Å²) in [7, 11) is 3.70. The Morgan fingerprint density at radius 2 is 1.87 bits per heavy atom. The SMILES string of the molecule is CN(C)CON=C(/C=C/c1ccc(O)cc1)c1ccccc1F. The van der Waals surface area contributed by atoms with Crippen LogP contribution >= 0.6 is 0 Å². The molecule has 0 aliphatic carbocycles. The van der Waals surface area contributed by atoms with E-state index in [0.717, 1.165) is 5.56 Å². The minimum absolute atomic E-state index is 0.194. The number of rotatable bonds is 6. The molecule has 2 aromatic rings. The van der Waals surface area contributed by atoms with Gasteiger partial charge in [-0.05, 0) is 50.0 Å². The van der Waals surface area contributed by atoms with Crippen LogP contribution in [0.4, 0.5) is 4.39 Å². The topological polar surface area (TPSA) is 45.1 Å². The highest BCUT2D eigenvalue weighted by atomic mass is 19.1. The Balaban J connectivity index is 2.26. The highest BCUT2D eigenvalue weighted by molar-refractivity contribution is 6.10. The van der Waals surface area contributed by atoms with E-state index in [0.29, 0.717) is 18.0 Å². The summed E-state index contributed by atoms with van der Waals surface area (Å²) < 4.78 is 14.0. The van der Waals surface area contributed by atoms with Gasteiger partial charge in [0.2, 0.25) is 0 Å². The van der Waals surface area contributed by atoms with Crippen molar-refractivity contribution in [2.75, 3.05) is 20.8 Å². The van der Waals surface area contributed by atoms with E-state index >= 15 is 0 Å². The summed E-state index contributed by atoms with van der Waals surface area (Å²) in [6.07, 6.45) is 3.46. The van der Waals surface area contributed by atoms with Gasteiger partial charge in [-0.15, -0.1) is 0 Å². The molecule has 0 saturated heterocycles. The van der Waals surface area contributed by atoms with E-state index in [1.807, 2.05) is 19.0 Å². The molecule has 0 amide bonds. The van der Waals surface area contributed by atoms with Crippen molar-refractivity contribution >= 4 is 11.8 Å². The fourth-order valence-corrected chi connectivity index (χ4v) is 1.81. The monoisotopic (exact) mass is 314 g/mol. The Bertz CT molecular complexity index is 694. The Kier molecular flexibility index (Phi) is 5.88. The van der Waals surface area contributed by atoms with E-state index in [2.05, 4.69) is 5.16 Å². The highest BCUT2D eigenvalue weighted by Gasteiger charge is 2.07. The number of oxime groups is 1. The van der Waals surface area contributed by atoms with E-state index in [4.69, 9.17) is 4.84 Å². The van der Waals surface area contributed by atoms with Gasteiger partial charge in [0.05, 0.1) is 0 Å². The first kappa shape index (κ1) is 16.7. The number of allylic oxidation sites excluding steroid dienone is 1. The van der Waals surface area contributed by atoms with Crippen molar-refractivity contribution in [1.29, 1.82) is 0 Å². The van der Waals surface area contributed by atoms with Crippen LogP contribution in [0.3, 0.4) is 0 Å². The molecule has 0 heterocycles. The lowest BCUT2D eigenvalue weighted by molar-refractivity contribution is 0.0618. The van der Waals surface area contributed by atoms with Gasteiger partial charge in [0.25, 0.3) is 0 Å². The molecule has 0 spiro atoms. The van der Waals surface area contributed by atoms with Crippen molar-refractivity contribution < 1.29 is 14.3 Å². The van der Waals surface area contributed by atoms with Crippen LogP contribution in [0.15, 0.2) is 59.8 Å². The molecule has 2 aromatic carbocycles. The first-order valence-corrected chi connectivity index (χ1v) is 7.13. The molecule has 23 heavy (non-hydrogen) atoms. The van der Waals surface area contributed by atoms with Gasteiger partial charge in [0, 0.05) is 5.56 Å². The van der Waals surface area contributed by atoms with Crippen molar-refractivity contribution in [3.63, 3.8) is 0 Å². The van der Waals surface area contributed by atoms with Gasteiger partial charge in [0.15, 0.2) is 6.73 Å². The zero-order chi connectivity index (χ0) is 16.7. The number of aromatic hydroxyl groups is 1. The molecule has 5 heteroatoms. The van der Waals surface area contributed by atoms with E-state index in [1.165, 1.54) is 6.07 Å². The first-order valence-electron chi connectivity index (χ1n) is 7.13. The summed E-state index contributed by atoms with van der Waals surface area (Å²) in [5, 5.41) is 13.3. The average molecular weight is 314 g/mol. The number of benzene rings is 2. The normalized spacial score (nSPS) is 12.1. The van der Waals surface area contributed by atoms with Crippen LogP contribution in [0.25, 0.3) is 6.08 Å². The molecular weight excluding hydrogens is 295 g/mol. The number of hydrogen-bond acceptors (Lipinski definition) is 4. The molecule has 0 bridgehead atoms. The van der Waals surface area contributed by atoms with Gasteiger partial charge in [0.1, 0.15) is 17.3 Å². The highest BCUT2D eigenvalue weighted by Crippen LogP contribution is 2.13. The minimum atomic E-state index is -0.366. The summed E-state index contributed by atoms with van der Waals surface area (Å²) in [6, 6.07) is 13.1. The summed E-state index contributed by atoms with van der Waals surface area (Å²) in [4.78, 5) is 7.04. The van der Waals surface area contributed by atoms with Crippen molar-refractivity contribution in [1.82, 2.24) is 4.90 Å². The Labute approximate surface area is 135 Å². The zero-order valence-electron chi connectivity index (χ0n) is 13.1. The minimum Gasteiger partial charge on any atom is -0.508 e. The molecule has 0 aliphatic heterocycles. The largest absolute Gasteiger partial charge is 0.508 e. The quantitative estimate of drug-likeness (QED) is 0.504. The van der Waals surface area contributed by atoms with Crippen molar-refractivity contribution in [2.45, 2.75) is 0 Å². The van der Waals surface area contributed by atoms with E-state index in [1.54, 1.807) is 54.6 Å². The number of phenols is 1. The number of phenolic OH excluding ortho intramolecular Hbond substituents is 1.